The predicted octanol–water partition coefficient (Wildman–Crippen LogP) is 2.89. The van der Waals surface area contributed by atoms with Crippen molar-refractivity contribution in [2.24, 2.45) is 0 Å². The van der Waals surface area contributed by atoms with Crippen LogP contribution in [0, 0.1) is 0 Å². The van der Waals surface area contributed by atoms with Crippen molar-refractivity contribution >= 4 is 23.4 Å². The summed E-state index contributed by atoms with van der Waals surface area (Å²) in [6.07, 6.45) is -0.0717. The molecule has 2 aromatic rings. The van der Waals surface area contributed by atoms with Gasteiger partial charge in [0.1, 0.15) is 0 Å². The lowest BCUT2D eigenvalue weighted by Crippen LogP contribution is -2.38. The molecule has 1 atom stereocenters. The maximum Gasteiger partial charge on any atom is 0.276 e. The van der Waals surface area contributed by atoms with E-state index >= 15 is 0 Å². The smallest absolute Gasteiger partial charge is 0.276 e. The molecule has 2 aliphatic rings. The van der Waals surface area contributed by atoms with Gasteiger partial charge in [-0.1, -0.05) is 48.5 Å². The van der Waals surface area contributed by atoms with Gasteiger partial charge in [-0.2, -0.15) is 0 Å². The van der Waals surface area contributed by atoms with E-state index in [4.69, 9.17) is 6.11 Å². The summed E-state index contributed by atoms with van der Waals surface area (Å²) >= 11 is 0. The van der Waals surface area contributed by atoms with E-state index < -0.39 is 5.60 Å². The second-order valence-electron chi connectivity index (χ2n) is 5.73. The topological polar surface area (TPSA) is 46.6 Å². The molecule has 4 nitrogen and oxygen atoms in total. The van der Waals surface area contributed by atoms with E-state index in [-0.39, 0.29) is 29.9 Å². The largest absolute Gasteiger partial charge is 0.468 e. The molecule has 4 heteroatoms. The second-order valence-corrected chi connectivity index (χ2v) is 5.73. The molecule has 1 saturated heterocycles. The molecular formula is C19H15NO3. The van der Waals surface area contributed by atoms with Crippen molar-refractivity contribution in [2.45, 2.75) is 12.0 Å². The Bertz CT molecular complexity index is 890. The zero-order chi connectivity index (χ0) is 16.9. The van der Waals surface area contributed by atoms with Crippen LogP contribution in [0.1, 0.15) is 18.9 Å². The number of likely N-dealkylation sites (N-methyl/N-ethyl adjacent to an activating group) is 1. The van der Waals surface area contributed by atoms with Crippen LogP contribution in [0.3, 0.4) is 0 Å². The van der Waals surface area contributed by atoms with Gasteiger partial charge in [-0.15, -0.1) is 0 Å². The number of nitrogens with zero attached hydrogens (tertiary/aromatic N) is 1. The first kappa shape index (κ1) is 12.6. The standard InChI is InChI=1S/C19H15NO3/c1-20-15-10-6-5-9-14(15)19(18(20)22)12-16(21)17(23-19)11-13-7-3-2-4-8-13/h2-11H,12H2,1H3/b17-11-/i11D. The number of para-hydroxylation sites is 1. The Balaban J connectivity index is 1.84. The number of benzene rings is 2. The van der Waals surface area contributed by atoms with Crippen LogP contribution < -0.4 is 4.90 Å². The summed E-state index contributed by atoms with van der Waals surface area (Å²) in [5.41, 5.74) is 0.674. The molecule has 1 amide bonds. The molecule has 2 aromatic carbocycles. The highest BCUT2D eigenvalue weighted by atomic mass is 16.5. The molecule has 4 rings (SSSR count). The fourth-order valence-electron chi connectivity index (χ4n) is 3.19. The quantitative estimate of drug-likeness (QED) is 0.761. The van der Waals surface area contributed by atoms with Crippen LogP contribution in [-0.2, 0) is 19.9 Å². The molecule has 0 saturated carbocycles. The van der Waals surface area contributed by atoms with Gasteiger partial charge in [-0.25, -0.2) is 0 Å². The Kier molecular flexibility index (Phi) is 2.65. The summed E-state index contributed by atoms with van der Waals surface area (Å²) in [7, 11) is 1.67. The molecule has 0 aromatic heterocycles. The molecule has 1 spiro atoms. The number of rotatable bonds is 1. The SMILES string of the molecule is [2H]/C(=C1/OC2(CC1=O)C(=O)N(C)c1ccccc12)c1ccccc1. The third-order valence-corrected chi connectivity index (χ3v) is 4.32. The molecule has 0 aliphatic carbocycles. The fourth-order valence-corrected chi connectivity index (χ4v) is 3.19. The number of hydrogen-bond donors (Lipinski definition) is 0. The summed E-state index contributed by atoms with van der Waals surface area (Å²) in [5, 5.41) is 0. The van der Waals surface area contributed by atoms with Gasteiger partial charge in [0.25, 0.3) is 5.91 Å². The molecule has 0 radical (unpaired) electrons. The van der Waals surface area contributed by atoms with Crippen LogP contribution in [0.25, 0.3) is 6.05 Å². The minimum Gasteiger partial charge on any atom is -0.468 e. The molecule has 2 aliphatic heterocycles. The van der Waals surface area contributed by atoms with Crippen LogP contribution in [-0.4, -0.2) is 18.7 Å². The van der Waals surface area contributed by atoms with E-state index in [1.165, 1.54) is 4.90 Å². The fraction of sp³-hybridized carbons (Fsp3) is 0.158. The monoisotopic (exact) mass is 306 g/mol. The lowest BCUT2D eigenvalue weighted by molar-refractivity contribution is -0.135. The Morgan fingerprint density at radius 2 is 1.83 bits per heavy atom. The third kappa shape index (κ3) is 1.91. The first-order valence-electron chi connectivity index (χ1n) is 7.91. The number of fused-ring (bicyclic) bond motifs is 2. The Labute approximate surface area is 135 Å². The minimum atomic E-state index is -1.33. The average Bonchev–Trinajstić information content (AvgIpc) is 3.07. The number of anilines is 1. The second kappa shape index (κ2) is 4.81. The van der Waals surface area contributed by atoms with Crippen molar-refractivity contribution in [3.63, 3.8) is 0 Å². The minimum absolute atomic E-state index is 0.0114. The number of ether oxygens (including phenoxy) is 1. The highest BCUT2D eigenvalue weighted by molar-refractivity contribution is 6.13. The number of amides is 1. The average molecular weight is 306 g/mol. The predicted molar refractivity (Wildman–Crippen MR) is 86.7 cm³/mol. The molecule has 1 unspecified atom stereocenters. The van der Waals surface area contributed by atoms with Gasteiger partial charge in [0.15, 0.2) is 5.76 Å². The molecule has 1 fully saturated rings. The molecule has 114 valence electrons. The normalized spacial score (nSPS) is 25.4. The maximum atomic E-state index is 12.8. The van der Waals surface area contributed by atoms with Crippen molar-refractivity contribution in [2.75, 3.05) is 11.9 Å². The molecule has 2 heterocycles. The first-order valence-corrected chi connectivity index (χ1v) is 7.41. The van der Waals surface area contributed by atoms with Gasteiger partial charge in [-0.3, -0.25) is 9.59 Å². The van der Waals surface area contributed by atoms with E-state index in [2.05, 4.69) is 0 Å². The van der Waals surface area contributed by atoms with E-state index in [0.29, 0.717) is 11.1 Å². The van der Waals surface area contributed by atoms with E-state index in [1.54, 1.807) is 37.4 Å². The van der Waals surface area contributed by atoms with Crippen LogP contribution in [0.2, 0.25) is 0 Å². The Morgan fingerprint density at radius 3 is 2.61 bits per heavy atom. The summed E-state index contributed by atoms with van der Waals surface area (Å²) in [5.74, 6) is -0.630. The van der Waals surface area contributed by atoms with Gasteiger partial charge in [0, 0.05) is 12.6 Å². The number of allylic oxidation sites excluding steroid dienone is 1. The lowest BCUT2D eigenvalue weighted by atomic mass is 9.92. The van der Waals surface area contributed by atoms with E-state index in [9.17, 15) is 9.59 Å². The zero-order valence-corrected chi connectivity index (χ0v) is 12.6. The molecule has 0 N–H and O–H groups in total. The summed E-state index contributed by atoms with van der Waals surface area (Å²) in [6.45, 7) is 0. The van der Waals surface area contributed by atoms with Crippen molar-refractivity contribution in [3.8, 4) is 0 Å². The van der Waals surface area contributed by atoms with E-state index in [1.807, 2.05) is 24.3 Å². The Hall–Kier alpha value is -2.88. The van der Waals surface area contributed by atoms with Gasteiger partial charge in [-0.05, 0) is 17.7 Å². The Morgan fingerprint density at radius 1 is 1.13 bits per heavy atom. The number of carbonyl (C=O) groups is 2. The van der Waals surface area contributed by atoms with Gasteiger partial charge in [0.05, 0.1) is 13.5 Å². The number of ketones is 1. The maximum absolute atomic E-state index is 12.8. The zero-order valence-electron chi connectivity index (χ0n) is 13.6. The molecule has 23 heavy (non-hydrogen) atoms. The number of Topliss-reactive ketones (excluding diaryl/α,β-unsaturated/α-hetero) is 1. The van der Waals surface area contributed by atoms with Crippen molar-refractivity contribution in [1.29, 1.82) is 0 Å². The molecular weight excluding hydrogens is 290 g/mol. The summed E-state index contributed by atoms with van der Waals surface area (Å²) < 4.78 is 14.2. The summed E-state index contributed by atoms with van der Waals surface area (Å²) in [4.78, 5) is 26.9. The van der Waals surface area contributed by atoms with Crippen LogP contribution in [0.4, 0.5) is 5.69 Å². The van der Waals surface area contributed by atoms with Gasteiger partial charge >= 0.3 is 0 Å². The van der Waals surface area contributed by atoms with Crippen molar-refractivity contribution < 1.29 is 15.7 Å². The van der Waals surface area contributed by atoms with Crippen molar-refractivity contribution in [3.05, 3.63) is 71.5 Å². The number of carbonyl (C=O) groups excluding carboxylic acids is 2. The third-order valence-electron chi connectivity index (χ3n) is 4.32. The van der Waals surface area contributed by atoms with Crippen molar-refractivity contribution in [1.82, 2.24) is 0 Å². The van der Waals surface area contributed by atoms with Gasteiger partial charge < -0.3 is 9.64 Å². The van der Waals surface area contributed by atoms with Crippen LogP contribution in [0.5, 0.6) is 0 Å². The lowest BCUT2D eigenvalue weighted by Gasteiger charge is -2.21. The highest BCUT2D eigenvalue weighted by Gasteiger charge is 2.57. The highest BCUT2D eigenvalue weighted by Crippen LogP contribution is 2.49. The number of hydrogen-bond acceptors (Lipinski definition) is 3. The van der Waals surface area contributed by atoms with E-state index in [0.717, 1.165) is 5.69 Å². The van der Waals surface area contributed by atoms with Crippen LogP contribution >= 0.6 is 0 Å². The summed E-state index contributed by atoms with van der Waals surface area (Å²) in [6, 6.07) is 16.2. The molecule has 0 bridgehead atoms. The van der Waals surface area contributed by atoms with Crippen LogP contribution in [0.15, 0.2) is 60.4 Å². The van der Waals surface area contributed by atoms with Gasteiger partial charge in [0.2, 0.25) is 11.4 Å². The first-order chi connectivity index (χ1) is 11.5.